The van der Waals surface area contributed by atoms with E-state index in [0.29, 0.717) is 16.9 Å². The van der Waals surface area contributed by atoms with Crippen LogP contribution in [-0.2, 0) is 4.79 Å². The minimum absolute atomic E-state index is 0.355. The smallest absolute Gasteiger partial charge is 0.331 e. The van der Waals surface area contributed by atoms with Crippen molar-refractivity contribution in [1.29, 1.82) is 0 Å². The largest absolute Gasteiger partial charge is 0.478 e. The van der Waals surface area contributed by atoms with Crippen LogP contribution in [0.25, 0.3) is 0 Å². The molecule has 2 heteroatoms. The lowest BCUT2D eigenvalue weighted by Crippen LogP contribution is -2.42. The van der Waals surface area contributed by atoms with Crippen molar-refractivity contribution in [2.75, 3.05) is 0 Å². The standard InChI is InChI=1S/C16H26O2/c1-10-5-6-12-7-8-13(11(2)15(17)18)9-14(12)16(10,3)4/h10,12,14H,5-9H2,1-4H3,(H,17,18)/t10-,12-,14+/m0/s1. The summed E-state index contributed by atoms with van der Waals surface area (Å²) < 4.78 is 0. The third kappa shape index (κ3) is 2.22. The normalized spacial score (nSPS) is 37.9. The Labute approximate surface area is 110 Å². The number of fused-ring (bicyclic) bond motifs is 1. The molecule has 2 aliphatic carbocycles. The monoisotopic (exact) mass is 250 g/mol. The van der Waals surface area contributed by atoms with Gasteiger partial charge in [0.1, 0.15) is 0 Å². The van der Waals surface area contributed by atoms with Gasteiger partial charge in [-0.1, -0.05) is 26.3 Å². The molecule has 2 fully saturated rings. The molecule has 0 saturated heterocycles. The molecular weight excluding hydrogens is 224 g/mol. The Morgan fingerprint density at radius 2 is 1.94 bits per heavy atom. The maximum absolute atomic E-state index is 11.1. The van der Waals surface area contributed by atoms with E-state index in [1.165, 1.54) is 24.8 Å². The fraction of sp³-hybridized carbons (Fsp3) is 0.812. The quantitative estimate of drug-likeness (QED) is 0.706. The van der Waals surface area contributed by atoms with Gasteiger partial charge < -0.3 is 5.11 Å². The van der Waals surface area contributed by atoms with Gasteiger partial charge in [-0.25, -0.2) is 4.79 Å². The molecule has 102 valence electrons. The van der Waals surface area contributed by atoms with Gasteiger partial charge in [-0.15, -0.1) is 0 Å². The number of hydrogen-bond acceptors (Lipinski definition) is 1. The minimum Gasteiger partial charge on any atom is -0.478 e. The van der Waals surface area contributed by atoms with Crippen LogP contribution in [0.3, 0.4) is 0 Å². The molecule has 1 N–H and O–H groups in total. The summed E-state index contributed by atoms with van der Waals surface area (Å²) >= 11 is 0. The van der Waals surface area contributed by atoms with Crippen molar-refractivity contribution < 1.29 is 9.90 Å². The molecule has 0 heterocycles. The first-order valence-electron chi connectivity index (χ1n) is 7.26. The maximum atomic E-state index is 11.1. The van der Waals surface area contributed by atoms with Gasteiger partial charge in [-0.2, -0.15) is 0 Å². The van der Waals surface area contributed by atoms with Crippen LogP contribution in [0.2, 0.25) is 0 Å². The van der Waals surface area contributed by atoms with Crippen LogP contribution in [-0.4, -0.2) is 11.1 Å². The Hall–Kier alpha value is -0.790. The highest BCUT2D eigenvalue weighted by Crippen LogP contribution is 2.54. The van der Waals surface area contributed by atoms with Gasteiger partial charge in [0.15, 0.2) is 0 Å². The number of hydrogen-bond donors (Lipinski definition) is 1. The molecule has 0 radical (unpaired) electrons. The second-order valence-corrected chi connectivity index (χ2v) is 6.94. The summed E-state index contributed by atoms with van der Waals surface area (Å²) in [5.41, 5.74) is 2.15. The van der Waals surface area contributed by atoms with Gasteiger partial charge in [-0.05, 0) is 62.2 Å². The summed E-state index contributed by atoms with van der Waals surface area (Å²) in [5.74, 6) is 1.52. The third-order valence-corrected chi connectivity index (χ3v) is 5.90. The van der Waals surface area contributed by atoms with Crippen molar-refractivity contribution in [1.82, 2.24) is 0 Å². The van der Waals surface area contributed by atoms with E-state index in [4.69, 9.17) is 5.11 Å². The Kier molecular flexibility index (Phi) is 3.57. The Morgan fingerprint density at radius 3 is 2.56 bits per heavy atom. The summed E-state index contributed by atoms with van der Waals surface area (Å²) in [6, 6.07) is 0. The van der Waals surface area contributed by atoms with Crippen molar-refractivity contribution in [3.63, 3.8) is 0 Å². The number of carboxylic acid groups (broad SMARTS) is 1. The van der Waals surface area contributed by atoms with Gasteiger partial charge in [0.25, 0.3) is 0 Å². The van der Waals surface area contributed by atoms with Crippen LogP contribution in [0.5, 0.6) is 0 Å². The zero-order valence-corrected chi connectivity index (χ0v) is 12.1. The van der Waals surface area contributed by atoms with Gasteiger partial charge in [-0.3, -0.25) is 0 Å². The second kappa shape index (κ2) is 4.71. The summed E-state index contributed by atoms with van der Waals surface area (Å²) in [6.07, 6.45) is 5.89. The van der Waals surface area contributed by atoms with Crippen LogP contribution in [0.4, 0.5) is 0 Å². The molecule has 0 aromatic heterocycles. The van der Waals surface area contributed by atoms with Crippen LogP contribution >= 0.6 is 0 Å². The average Bonchev–Trinajstić information content (AvgIpc) is 2.33. The molecule has 0 aliphatic heterocycles. The summed E-state index contributed by atoms with van der Waals surface area (Å²) in [5, 5.41) is 9.15. The van der Waals surface area contributed by atoms with Gasteiger partial charge in [0, 0.05) is 5.57 Å². The molecule has 0 amide bonds. The van der Waals surface area contributed by atoms with Crippen molar-refractivity contribution in [3.8, 4) is 0 Å². The zero-order chi connectivity index (χ0) is 13.5. The average molecular weight is 250 g/mol. The summed E-state index contributed by atoms with van der Waals surface area (Å²) in [7, 11) is 0. The van der Waals surface area contributed by atoms with E-state index in [1.54, 1.807) is 6.92 Å². The van der Waals surface area contributed by atoms with Crippen LogP contribution < -0.4 is 0 Å². The SMILES string of the molecule is CC(C(=O)O)=C1CC[C@@H]2CC[C@H](C)C(C)(C)[C@@H]2C1. The fourth-order valence-electron chi connectivity index (χ4n) is 4.00. The van der Waals surface area contributed by atoms with Crippen molar-refractivity contribution in [2.45, 2.75) is 59.8 Å². The van der Waals surface area contributed by atoms with E-state index in [1.807, 2.05) is 0 Å². The van der Waals surface area contributed by atoms with E-state index in [-0.39, 0.29) is 0 Å². The molecule has 18 heavy (non-hydrogen) atoms. The van der Waals surface area contributed by atoms with E-state index in [0.717, 1.165) is 24.7 Å². The highest BCUT2D eigenvalue weighted by molar-refractivity contribution is 5.86. The molecule has 2 nitrogen and oxygen atoms in total. The molecule has 0 spiro atoms. The Balaban J connectivity index is 2.25. The molecule has 0 aromatic rings. The molecule has 2 saturated carbocycles. The first-order chi connectivity index (χ1) is 8.34. The lowest BCUT2D eigenvalue weighted by molar-refractivity contribution is -0.132. The van der Waals surface area contributed by atoms with Gasteiger partial charge >= 0.3 is 5.97 Å². The predicted octanol–water partition coefficient (Wildman–Crippen LogP) is 4.26. The minimum atomic E-state index is -0.731. The summed E-state index contributed by atoms with van der Waals surface area (Å²) in [6.45, 7) is 8.90. The fourth-order valence-corrected chi connectivity index (χ4v) is 4.00. The molecule has 0 aromatic carbocycles. The molecule has 3 atom stereocenters. The Bertz CT molecular complexity index is 379. The predicted molar refractivity (Wildman–Crippen MR) is 73.3 cm³/mol. The number of carboxylic acids is 1. The topological polar surface area (TPSA) is 37.3 Å². The molecule has 0 unspecified atom stereocenters. The zero-order valence-electron chi connectivity index (χ0n) is 12.1. The number of carbonyl (C=O) groups is 1. The van der Waals surface area contributed by atoms with Crippen molar-refractivity contribution >= 4 is 5.97 Å². The van der Waals surface area contributed by atoms with Crippen molar-refractivity contribution in [2.24, 2.45) is 23.2 Å². The molecule has 0 bridgehead atoms. The lowest BCUT2D eigenvalue weighted by Gasteiger charge is -2.51. The van der Waals surface area contributed by atoms with Crippen LogP contribution in [0, 0.1) is 23.2 Å². The molecule has 2 rings (SSSR count). The number of rotatable bonds is 1. The van der Waals surface area contributed by atoms with Gasteiger partial charge in [0.05, 0.1) is 0 Å². The lowest BCUT2D eigenvalue weighted by atomic mass is 9.54. The van der Waals surface area contributed by atoms with Crippen molar-refractivity contribution in [3.05, 3.63) is 11.1 Å². The Morgan fingerprint density at radius 1 is 1.28 bits per heavy atom. The van der Waals surface area contributed by atoms with E-state index in [2.05, 4.69) is 20.8 Å². The highest BCUT2D eigenvalue weighted by Gasteiger charge is 2.45. The maximum Gasteiger partial charge on any atom is 0.331 e. The number of allylic oxidation sites excluding steroid dienone is 1. The van der Waals surface area contributed by atoms with Crippen LogP contribution in [0.15, 0.2) is 11.1 Å². The van der Waals surface area contributed by atoms with Gasteiger partial charge in [0.2, 0.25) is 0 Å². The first-order valence-corrected chi connectivity index (χ1v) is 7.26. The highest BCUT2D eigenvalue weighted by atomic mass is 16.4. The first kappa shape index (κ1) is 13.6. The third-order valence-electron chi connectivity index (χ3n) is 5.90. The van der Waals surface area contributed by atoms with Crippen LogP contribution in [0.1, 0.15) is 59.8 Å². The molecule has 2 aliphatic rings. The summed E-state index contributed by atoms with van der Waals surface area (Å²) in [4.78, 5) is 11.1. The van der Waals surface area contributed by atoms with E-state index < -0.39 is 5.97 Å². The van der Waals surface area contributed by atoms with E-state index >= 15 is 0 Å². The number of aliphatic carboxylic acids is 1. The molecular formula is C16H26O2. The van der Waals surface area contributed by atoms with E-state index in [9.17, 15) is 4.79 Å². The second-order valence-electron chi connectivity index (χ2n) is 6.94.